The molecule has 0 saturated carbocycles. The summed E-state index contributed by atoms with van der Waals surface area (Å²) < 4.78 is 14.3. The fourth-order valence-corrected chi connectivity index (χ4v) is 2.68. The van der Waals surface area contributed by atoms with Crippen LogP contribution in [0.2, 0.25) is 0 Å². The summed E-state index contributed by atoms with van der Waals surface area (Å²) >= 11 is 3.23. The standard InChI is InChI=1S/C14H16BrFN2O2/c1-3-8(2)18-12(19)7-11(14(18)20)17-13-9(15)5-4-6-10(13)16/h4-6,8,11,17H,3,7H2,1-2H3. The highest BCUT2D eigenvalue weighted by atomic mass is 79.9. The van der Waals surface area contributed by atoms with Gasteiger partial charge in [-0.1, -0.05) is 13.0 Å². The molecule has 0 bridgehead atoms. The van der Waals surface area contributed by atoms with Crippen LogP contribution in [0.3, 0.4) is 0 Å². The molecule has 2 unspecified atom stereocenters. The number of rotatable bonds is 4. The number of benzene rings is 1. The molecular weight excluding hydrogens is 327 g/mol. The van der Waals surface area contributed by atoms with Crippen molar-refractivity contribution in [3.05, 3.63) is 28.5 Å². The van der Waals surface area contributed by atoms with Gasteiger partial charge < -0.3 is 5.32 Å². The van der Waals surface area contributed by atoms with Crippen molar-refractivity contribution in [3.63, 3.8) is 0 Å². The summed E-state index contributed by atoms with van der Waals surface area (Å²) in [6, 6.07) is 3.72. The van der Waals surface area contributed by atoms with E-state index in [1.54, 1.807) is 12.1 Å². The molecule has 1 aromatic carbocycles. The van der Waals surface area contributed by atoms with E-state index in [9.17, 15) is 14.0 Å². The molecule has 1 aromatic rings. The van der Waals surface area contributed by atoms with Gasteiger partial charge in [-0.25, -0.2) is 4.39 Å². The second-order valence-electron chi connectivity index (χ2n) is 4.86. The molecule has 108 valence electrons. The molecule has 1 N–H and O–H groups in total. The highest BCUT2D eigenvalue weighted by Gasteiger charge is 2.40. The molecule has 4 nitrogen and oxygen atoms in total. The number of hydrogen-bond donors (Lipinski definition) is 1. The van der Waals surface area contributed by atoms with Gasteiger partial charge in [-0.2, -0.15) is 0 Å². The van der Waals surface area contributed by atoms with Crippen molar-refractivity contribution >= 4 is 33.4 Å². The summed E-state index contributed by atoms with van der Waals surface area (Å²) in [6.45, 7) is 3.75. The summed E-state index contributed by atoms with van der Waals surface area (Å²) in [6.07, 6.45) is 0.761. The summed E-state index contributed by atoms with van der Waals surface area (Å²) in [5, 5.41) is 2.83. The third-order valence-electron chi connectivity index (χ3n) is 3.50. The molecule has 0 radical (unpaired) electrons. The summed E-state index contributed by atoms with van der Waals surface area (Å²) in [5.74, 6) is -0.963. The zero-order chi connectivity index (χ0) is 14.9. The van der Waals surface area contributed by atoms with E-state index in [1.165, 1.54) is 11.0 Å². The Balaban J connectivity index is 2.20. The lowest BCUT2D eigenvalue weighted by molar-refractivity contribution is -0.140. The number of imide groups is 1. The maximum absolute atomic E-state index is 13.7. The van der Waals surface area contributed by atoms with Crippen molar-refractivity contribution in [2.24, 2.45) is 0 Å². The van der Waals surface area contributed by atoms with Gasteiger partial charge >= 0.3 is 0 Å². The molecule has 0 spiro atoms. The van der Waals surface area contributed by atoms with Gasteiger partial charge in [-0.3, -0.25) is 14.5 Å². The molecule has 0 aliphatic carbocycles. The predicted molar refractivity (Wildman–Crippen MR) is 77.7 cm³/mol. The van der Waals surface area contributed by atoms with Crippen LogP contribution in [0.25, 0.3) is 0 Å². The van der Waals surface area contributed by atoms with Crippen LogP contribution in [0, 0.1) is 5.82 Å². The summed E-state index contributed by atoms with van der Waals surface area (Å²) in [4.78, 5) is 25.4. The van der Waals surface area contributed by atoms with Crippen molar-refractivity contribution in [1.82, 2.24) is 4.90 Å². The van der Waals surface area contributed by atoms with Crippen molar-refractivity contribution in [3.8, 4) is 0 Å². The first-order valence-corrected chi connectivity index (χ1v) is 7.31. The Labute approximate surface area is 125 Å². The number of halogens is 2. The Bertz CT molecular complexity index is 530. The molecule has 1 heterocycles. The third-order valence-corrected chi connectivity index (χ3v) is 4.16. The lowest BCUT2D eigenvalue weighted by atomic mass is 10.2. The number of hydrogen-bond acceptors (Lipinski definition) is 3. The van der Waals surface area contributed by atoms with Gasteiger partial charge in [-0.15, -0.1) is 0 Å². The van der Waals surface area contributed by atoms with Crippen LogP contribution >= 0.6 is 15.9 Å². The SMILES string of the molecule is CCC(C)N1C(=O)CC(Nc2c(F)cccc2Br)C1=O. The number of amides is 2. The van der Waals surface area contributed by atoms with Crippen molar-refractivity contribution < 1.29 is 14.0 Å². The Kier molecular flexibility index (Phi) is 4.42. The number of nitrogens with zero attached hydrogens (tertiary/aromatic N) is 1. The van der Waals surface area contributed by atoms with Gasteiger partial charge in [0.2, 0.25) is 5.91 Å². The van der Waals surface area contributed by atoms with Gasteiger partial charge in [0.25, 0.3) is 5.91 Å². The van der Waals surface area contributed by atoms with E-state index in [2.05, 4.69) is 21.2 Å². The van der Waals surface area contributed by atoms with Crippen LogP contribution in [0.4, 0.5) is 10.1 Å². The molecule has 0 aromatic heterocycles. The van der Waals surface area contributed by atoms with Crippen molar-refractivity contribution in [2.45, 2.75) is 38.8 Å². The van der Waals surface area contributed by atoms with Gasteiger partial charge in [-0.05, 0) is 41.4 Å². The maximum Gasteiger partial charge on any atom is 0.252 e. The molecule has 20 heavy (non-hydrogen) atoms. The smallest absolute Gasteiger partial charge is 0.252 e. The van der Waals surface area contributed by atoms with Crippen LogP contribution in [0.1, 0.15) is 26.7 Å². The number of likely N-dealkylation sites (tertiary alicyclic amines) is 1. The molecule has 1 fully saturated rings. The highest BCUT2D eigenvalue weighted by molar-refractivity contribution is 9.10. The molecular formula is C14H16BrFN2O2. The highest BCUT2D eigenvalue weighted by Crippen LogP contribution is 2.28. The topological polar surface area (TPSA) is 49.4 Å². The molecule has 2 atom stereocenters. The number of para-hydroxylation sites is 1. The molecule has 1 aliphatic heterocycles. The van der Waals surface area contributed by atoms with E-state index >= 15 is 0 Å². The number of carbonyl (C=O) groups is 2. The van der Waals surface area contributed by atoms with Gasteiger partial charge in [0.15, 0.2) is 0 Å². The minimum atomic E-state index is -0.704. The number of anilines is 1. The molecule has 6 heteroatoms. The van der Waals surface area contributed by atoms with Gasteiger partial charge in [0.05, 0.1) is 12.1 Å². The maximum atomic E-state index is 13.7. The first-order valence-electron chi connectivity index (χ1n) is 6.52. The molecule has 1 aliphatic rings. The van der Waals surface area contributed by atoms with E-state index in [4.69, 9.17) is 0 Å². The lowest BCUT2D eigenvalue weighted by Gasteiger charge is -2.22. The second-order valence-corrected chi connectivity index (χ2v) is 5.71. The fourth-order valence-electron chi connectivity index (χ4n) is 2.22. The minimum Gasteiger partial charge on any atom is -0.370 e. The molecule has 2 rings (SSSR count). The third kappa shape index (κ3) is 2.70. The van der Waals surface area contributed by atoms with E-state index in [1.807, 2.05) is 13.8 Å². The van der Waals surface area contributed by atoms with Gasteiger partial charge in [0.1, 0.15) is 11.9 Å². The quantitative estimate of drug-likeness (QED) is 0.856. The summed E-state index contributed by atoms with van der Waals surface area (Å²) in [5.41, 5.74) is 0.213. The van der Waals surface area contributed by atoms with E-state index in [-0.39, 0.29) is 30.0 Å². The average molecular weight is 343 g/mol. The van der Waals surface area contributed by atoms with Crippen LogP contribution in [-0.4, -0.2) is 28.8 Å². The first kappa shape index (κ1) is 15.0. The normalized spacial score (nSPS) is 20.4. The monoisotopic (exact) mass is 342 g/mol. The number of nitrogens with one attached hydrogen (secondary N) is 1. The Morgan fingerprint density at radius 2 is 2.20 bits per heavy atom. The average Bonchev–Trinajstić information content (AvgIpc) is 2.68. The van der Waals surface area contributed by atoms with E-state index < -0.39 is 11.9 Å². The van der Waals surface area contributed by atoms with E-state index in [0.29, 0.717) is 10.9 Å². The molecule has 1 saturated heterocycles. The predicted octanol–water partition coefficient (Wildman–Crippen LogP) is 2.93. The van der Waals surface area contributed by atoms with Crippen LogP contribution < -0.4 is 5.32 Å². The first-order chi connectivity index (χ1) is 9.45. The Morgan fingerprint density at radius 3 is 2.80 bits per heavy atom. The fraction of sp³-hybridized carbons (Fsp3) is 0.429. The number of carbonyl (C=O) groups excluding carboxylic acids is 2. The van der Waals surface area contributed by atoms with E-state index in [0.717, 1.165) is 0 Å². The lowest BCUT2D eigenvalue weighted by Crippen LogP contribution is -2.40. The Hall–Kier alpha value is -1.43. The van der Waals surface area contributed by atoms with Crippen molar-refractivity contribution in [2.75, 3.05) is 5.32 Å². The van der Waals surface area contributed by atoms with Gasteiger partial charge in [0, 0.05) is 10.5 Å². The summed E-state index contributed by atoms with van der Waals surface area (Å²) in [7, 11) is 0. The minimum absolute atomic E-state index is 0.0595. The van der Waals surface area contributed by atoms with Crippen molar-refractivity contribution in [1.29, 1.82) is 0 Å². The zero-order valence-electron chi connectivity index (χ0n) is 11.3. The molecule has 2 amide bonds. The second kappa shape index (κ2) is 5.91. The van der Waals surface area contributed by atoms with Crippen LogP contribution in [-0.2, 0) is 9.59 Å². The Morgan fingerprint density at radius 1 is 1.50 bits per heavy atom. The van der Waals surface area contributed by atoms with Crippen LogP contribution in [0.5, 0.6) is 0 Å². The zero-order valence-corrected chi connectivity index (χ0v) is 12.9. The largest absolute Gasteiger partial charge is 0.370 e. The van der Waals surface area contributed by atoms with Crippen LogP contribution in [0.15, 0.2) is 22.7 Å².